The summed E-state index contributed by atoms with van der Waals surface area (Å²) in [6.45, 7) is 16.2. The first-order valence-electron chi connectivity index (χ1n) is 6.23. The van der Waals surface area contributed by atoms with E-state index in [0.29, 0.717) is 5.75 Å². The number of hydrogen-bond donors (Lipinski definition) is 1. The van der Waals surface area contributed by atoms with Crippen LogP contribution in [-0.2, 0) is 10.8 Å². The molecule has 0 aliphatic heterocycles. The molecule has 0 atom stereocenters. The number of phenols is 1. The van der Waals surface area contributed by atoms with Crippen molar-refractivity contribution in [2.45, 2.75) is 52.4 Å². The first-order valence-corrected chi connectivity index (χ1v) is 6.23. The van der Waals surface area contributed by atoms with Crippen LogP contribution < -0.4 is 4.74 Å². The molecule has 0 radical (unpaired) electrons. The summed E-state index contributed by atoms with van der Waals surface area (Å²) in [5.41, 5.74) is 1.91. The molecule has 0 bridgehead atoms. The molecule has 1 rings (SSSR count). The van der Waals surface area contributed by atoms with Crippen LogP contribution in [0.25, 0.3) is 0 Å². The minimum absolute atomic E-state index is 0.00692. The Morgan fingerprint density at radius 1 is 1.06 bits per heavy atom. The van der Waals surface area contributed by atoms with E-state index in [1.165, 1.54) is 6.26 Å². The molecule has 0 saturated carbocycles. The molecule has 18 heavy (non-hydrogen) atoms. The van der Waals surface area contributed by atoms with E-state index in [2.05, 4.69) is 54.2 Å². The Balaban J connectivity index is 3.52. The predicted octanol–water partition coefficient (Wildman–Crippen LogP) is 4.51. The first-order chi connectivity index (χ1) is 8.07. The minimum atomic E-state index is -0.134. The normalized spacial score (nSPS) is 12.3. The summed E-state index contributed by atoms with van der Waals surface area (Å²) in [5, 5.41) is 10.3. The fraction of sp³-hybridized carbons (Fsp3) is 0.500. The van der Waals surface area contributed by atoms with Crippen LogP contribution in [0.15, 0.2) is 25.0 Å². The average molecular weight is 248 g/mol. The van der Waals surface area contributed by atoms with E-state index in [4.69, 9.17) is 4.74 Å². The molecule has 0 fully saturated rings. The Hall–Kier alpha value is -1.44. The SMILES string of the molecule is C=COc1cc(C(C)(C)C)cc(C(C)(C)C)c1O. The third kappa shape index (κ3) is 3.06. The Kier molecular flexibility index (Phi) is 3.80. The highest BCUT2D eigenvalue weighted by molar-refractivity contribution is 5.52. The van der Waals surface area contributed by atoms with Crippen LogP contribution in [0.1, 0.15) is 52.7 Å². The van der Waals surface area contributed by atoms with Crippen LogP contribution in [0.5, 0.6) is 11.5 Å². The maximum atomic E-state index is 10.3. The van der Waals surface area contributed by atoms with Crippen LogP contribution >= 0.6 is 0 Å². The van der Waals surface area contributed by atoms with E-state index in [1.54, 1.807) is 0 Å². The third-order valence-electron chi connectivity index (χ3n) is 2.96. The van der Waals surface area contributed by atoms with Gasteiger partial charge in [0.15, 0.2) is 11.5 Å². The molecule has 0 aliphatic rings. The van der Waals surface area contributed by atoms with Crippen molar-refractivity contribution in [2.75, 3.05) is 0 Å². The van der Waals surface area contributed by atoms with Gasteiger partial charge in [-0.2, -0.15) is 0 Å². The zero-order valence-corrected chi connectivity index (χ0v) is 12.3. The number of aromatic hydroxyl groups is 1. The van der Waals surface area contributed by atoms with Gasteiger partial charge in [-0.3, -0.25) is 0 Å². The maximum absolute atomic E-state index is 10.3. The minimum Gasteiger partial charge on any atom is -0.504 e. The van der Waals surface area contributed by atoms with E-state index in [0.717, 1.165) is 11.1 Å². The van der Waals surface area contributed by atoms with Gasteiger partial charge in [0.25, 0.3) is 0 Å². The second kappa shape index (κ2) is 4.68. The molecule has 0 amide bonds. The van der Waals surface area contributed by atoms with Gasteiger partial charge in [-0.15, -0.1) is 0 Å². The summed E-state index contributed by atoms with van der Waals surface area (Å²) in [6, 6.07) is 3.94. The van der Waals surface area contributed by atoms with Gasteiger partial charge >= 0.3 is 0 Å². The molecule has 0 spiro atoms. The van der Waals surface area contributed by atoms with Crippen LogP contribution in [0.2, 0.25) is 0 Å². The lowest BCUT2D eigenvalue weighted by atomic mass is 9.80. The van der Waals surface area contributed by atoms with Crippen LogP contribution in [0.4, 0.5) is 0 Å². The fourth-order valence-corrected chi connectivity index (χ4v) is 1.79. The first kappa shape index (κ1) is 14.6. The van der Waals surface area contributed by atoms with Gasteiger partial charge in [-0.25, -0.2) is 0 Å². The van der Waals surface area contributed by atoms with Crippen LogP contribution in [0, 0.1) is 0 Å². The van der Waals surface area contributed by atoms with Crippen molar-refractivity contribution in [2.24, 2.45) is 0 Å². The summed E-state index contributed by atoms with van der Waals surface area (Å²) in [7, 11) is 0. The monoisotopic (exact) mass is 248 g/mol. The van der Waals surface area contributed by atoms with E-state index in [1.807, 2.05) is 6.07 Å². The lowest BCUT2D eigenvalue weighted by molar-refractivity contribution is 0.393. The number of hydrogen-bond acceptors (Lipinski definition) is 2. The number of rotatable bonds is 2. The van der Waals surface area contributed by atoms with Crippen molar-refractivity contribution in [1.82, 2.24) is 0 Å². The molecule has 0 unspecified atom stereocenters. The summed E-state index contributed by atoms with van der Waals surface area (Å²) < 4.78 is 5.32. The van der Waals surface area contributed by atoms with Gasteiger partial charge in [0.05, 0.1) is 6.26 Å². The molecule has 0 saturated heterocycles. The van der Waals surface area contributed by atoms with Gasteiger partial charge in [0.1, 0.15) is 0 Å². The average Bonchev–Trinajstić information content (AvgIpc) is 2.17. The Morgan fingerprint density at radius 2 is 1.61 bits per heavy atom. The van der Waals surface area contributed by atoms with Crippen molar-refractivity contribution in [1.29, 1.82) is 0 Å². The summed E-state index contributed by atoms with van der Waals surface area (Å²) in [6.07, 6.45) is 1.34. The number of benzene rings is 1. The lowest BCUT2D eigenvalue weighted by Gasteiger charge is -2.27. The summed E-state index contributed by atoms with van der Waals surface area (Å²) >= 11 is 0. The molecule has 2 heteroatoms. The largest absolute Gasteiger partial charge is 0.504 e. The van der Waals surface area contributed by atoms with Gasteiger partial charge in [0.2, 0.25) is 0 Å². The van der Waals surface area contributed by atoms with Crippen molar-refractivity contribution in [3.05, 3.63) is 36.1 Å². The molecule has 0 aliphatic carbocycles. The molecule has 0 aromatic heterocycles. The van der Waals surface area contributed by atoms with Gasteiger partial charge in [-0.05, 0) is 22.5 Å². The number of phenolic OH excluding ortho intramolecular Hbond substituents is 1. The van der Waals surface area contributed by atoms with E-state index in [-0.39, 0.29) is 16.6 Å². The highest BCUT2D eigenvalue weighted by atomic mass is 16.5. The topological polar surface area (TPSA) is 29.5 Å². The summed E-state index contributed by atoms with van der Waals surface area (Å²) in [5.74, 6) is 0.678. The van der Waals surface area contributed by atoms with Crippen LogP contribution in [0.3, 0.4) is 0 Å². The van der Waals surface area contributed by atoms with Crippen molar-refractivity contribution < 1.29 is 9.84 Å². The molecule has 1 aromatic rings. The quantitative estimate of drug-likeness (QED) is 0.780. The van der Waals surface area contributed by atoms with Crippen molar-refractivity contribution in [3.8, 4) is 11.5 Å². The molecular formula is C16H24O2. The van der Waals surface area contributed by atoms with Gasteiger partial charge in [-0.1, -0.05) is 54.2 Å². The maximum Gasteiger partial charge on any atom is 0.168 e. The van der Waals surface area contributed by atoms with Crippen LogP contribution in [-0.4, -0.2) is 5.11 Å². The zero-order valence-electron chi connectivity index (χ0n) is 12.3. The van der Waals surface area contributed by atoms with Gasteiger partial charge in [0, 0.05) is 5.56 Å². The molecule has 0 heterocycles. The fourth-order valence-electron chi connectivity index (χ4n) is 1.79. The van der Waals surface area contributed by atoms with Gasteiger partial charge < -0.3 is 9.84 Å². The number of ether oxygens (including phenoxy) is 1. The Labute approximate surface area is 110 Å². The second-order valence-electron chi connectivity index (χ2n) is 6.66. The molecular weight excluding hydrogens is 224 g/mol. The lowest BCUT2D eigenvalue weighted by Crippen LogP contribution is -2.16. The molecule has 2 nitrogen and oxygen atoms in total. The molecule has 100 valence electrons. The summed E-state index contributed by atoms with van der Waals surface area (Å²) in [4.78, 5) is 0. The second-order valence-corrected chi connectivity index (χ2v) is 6.66. The molecule has 1 aromatic carbocycles. The van der Waals surface area contributed by atoms with Crippen molar-refractivity contribution in [3.63, 3.8) is 0 Å². The van der Waals surface area contributed by atoms with E-state index < -0.39 is 0 Å². The third-order valence-corrected chi connectivity index (χ3v) is 2.96. The highest BCUT2D eigenvalue weighted by Gasteiger charge is 2.25. The smallest absolute Gasteiger partial charge is 0.168 e. The highest BCUT2D eigenvalue weighted by Crippen LogP contribution is 2.41. The van der Waals surface area contributed by atoms with E-state index >= 15 is 0 Å². The predicted molar refractivity (Wildman–Crippen MR) is 76.3 cm³/mol. The van der Waals surface area contributed by atoms with E-state index in [9.17, 15) is 5.11 Å². The molecule has 1 N–H and O–H groups in total. The Bertz CT molecular complexity index is 445. The standard InChI is InChI=1S/C16H24O2/c1-8-18-13-10-11(15(2,3)4)9-12(14(13)17)16(5,6)7/h8-10,17H,1H2,2-7H3. The zero-order chi connectivity index (χ0) is 14.1. The van der Waals surface area contributed by atoms with Crippen molar-refractivity contribution >= 4 is 0 Å². The Morgan fingerprint density at radius 3 is 2.00 bits per heavy atom.